The zero-order chi connectivity index (χ0) is 15.8. The minimum absolute atomic E-state index is 0.212. The third-order valence-electron chi connectivity index (χ3n) is 2.61. The number of carbonyl (C=O) groups excluding carboxylic acids is 3. The van der Waals surface area contributed by atoms with Gasteiger partial charge in [-0.2, -0.15) is 5.06 Å². The first-order chi connectivity index (χ1) is 10.0. The lowest BCUT2D eigenvalue weighted by molar-refractivity contribution is -0.104. The van der Waals surface area contributed by atoms with Crippen LogP contribution in [0, 0.1) is 0 Å². The van der Waals surface area contributed by atoms with Crippen LogP contribution < -0.4 is 0 Å². The monoisotopic (exact) mass is 290 g/mol. The molecule has 0 heterocycles. The van der Waals surface area contributed by atoms with Crippen molar-refractivity contribution >= 4 is 24.4 Å². The molecule has 1 aromatic carbocycles. The molecule has 6 heteroatoms. The summed E-state index contributed by atoms with van der Waals surface area (Å²) < 4.78 is 0. The van der Waals surface area contributed by atoms with E-state index < -0.39 is 12.0 Å². The zero-order valence-corrected chi connectivity index (χ0v) is 12.3. The van der Waals surface area contributed by atoms with E-state index in [1.165, 1.54) is 31.1 Å². The van der Waals surface area contributed by atoms with E-state index in [1.807, 2.05) is 0 Å². The number of amides is 2. The summed E-state index contributed by atoms with van der Waals surface area (Å²) in [5.41, 5.74) is 0.929. The third kappa shape index (κ3) is 4.45. The molecule has 0 radical (unpaired) electrons. The van der Waals surface area contributed by atoms with Gasteiger partial charge in [-0.05, 0) is 24.6 Å². The molecule has 21 heavy (non-hydrogen) atoms. The number of carbonyl (C=O) groups is 3. The van der Waals surface area contributed by atoms with Crippen LogP contribution in [-0.2, 0) is 9.63 Å². The Labute approximate surface area is 123 Å². The lowest BCUT2D eigenvalue weighted by Crippen LogP contribution is -2.37. The molecule has 0 aliphatic heterocycles. The molecule has 1 rings (SSSR count). The third-order valence-corrected chi connectivity index (χ3v) is 2.61. The Hall–Kier alpha value is -2.63. The van der Waals surface area contributed by atoms with E-state index in [9.17, 15) is 14.4 Å². The van der Waals surface area contributed by atoms with Gasteiger partial charge in [0.15, 0.2) is 0 Å². The normalized spacial score (nSPS) is 10.2. The van der Waals surface area contributed by atoms with Crippen LogP contribution in [0.15, 0.2) is 30.3 Å². The maximum atomic E-state index is 12.4. The van der Waals surface area contributed by atoms with Gasteiger partial charge in [0.2, 0.25) is 0 Å². The maximum absolute atomic E-state index is 12.4. The van der Waals surface area contributed by atoms with Crippen LogP contribution in [0.4, 0.5) is 4.79 Å². The Bertz CT molecular complexity index is 552. The molecule has 0 fully saturated rings. The van der Waals surface area contributed by atoms with Crippen molar-refractivity contribution < 1.29 is 19.2 Å². The van der Waals surface area contributed by atoms with Crippen molar-refractivity contribution in [3.63, 3.8) is 0 Å². The summed E-state index contributed by atoms with van der Waals surface area (Å²) in [5, 5.41) is 0.982. The number of nitrogens with zero attached hydrogens (tertiary/aromatic N) is 2. The van der Waals surface area contributed by atoms with E-state index in [0.29, 0.717) is 17.4 Å². The topological polar surface area (TPSA) is 66.9 Å². The second-order valence-electron chi connectivity index (χ2n) is 4.33. The van der Waals surface area contributed by atoms with Gasteiger partial charge in [-0.15, -0.1) is 0 Å². The van der Waals surface area contributed by atoms with Gasteiger partial charge in [0, 0.05) is 19.7 Å². The Morgan fingerprint density at radius 1 is 1.24 bits per heavy atom. The van der Waals surface area contributed by atoms with Crippen LogP contribution in [0.25, 0.3) is 6.08 Å². The number of hydrogen-bond donors (Lipinski definition) is 0. The molecule has 0 spiro atoms. The number of hydrogen-bond acceptors (Lipinski definition) is 4. The van der Waals surface area contributed by atoms with Crippen LogP contribution in [0.3, 0.4) is 0 Å². The van der Waals surface area contributed by atoms with Crippen LogP contribution in [0.1, 0.15) is 22.8 Å². The summed E-state index contributed by atoms with van der Waals surface area (Å²) in [5.74, 6) is -0.446. The highest BCUT2D eigenvalue weighted by Gasteiger charge is 2.21. The lowest BCUT2D eigenvalue weighted by Gasteiger charge is -2.22. The molecular formula is C15H18N2O4. The fourth-order valence-corrected chi connectivity index (χ4v) is 1.54. The summed E-state index contributed by atoms with van der Waals surface area (Å²) in [7, 11) is 3.06. The van der Waals surface area contributed by atoms with E-state index >= 15 is 0 Å². The SMILES string of the molecule is CCN(OC(=O)N(C)C)C(=O)c1ccccc1/C=C/C=O. The van der Waals surface area contributed by atoms with Gasteiger partial charge >= 0.3 is 6.09 Å². The molecule has 0 atom stereocenters. The highest BCUT2D eigenvalue weighted by atomic mass is 16.7. The van der Waals surface area contributed by atoms with Crippen molar-refractivity contribution in [2.45, 2.75) is 6.92 Å². The van der Waals surface area contributed by atoms with Gasteiger partial charge in [-0.1, -0.05) is 24.3 Å². The van der Waals surface area contributed by atoms with Crippen molar-refractivity contribution in [1.29, 1.82) is 0 Å². The molecule has 112 valence electrons. The number of allylic oxidation sites excluding steroid dienone is 1. The largest absolute Gasteiger partial charge is 0.433 e. The molecule has 1 aromatic rings. The van der Waals surface area contributed by atoms with Crippen LogP contribution in [0.2, 0.25) is 0 Å². The van der Waals surface area contributed by atoms with E-state index in [0.717, 1.165) is 5.06 Å². The lowest BCUT2D eigenvalue weighted by atomic mass is 10.1. The number of aldehydes is 1. The first-order valence-electron chi connectivity index (χ1n) is 6.43. The Balaban J connectivity index is 3.02. The van der Waals surface area contributed by atoms with Gasteiger partial charge in [-0.25, -0.2) is 4.79 Å². The van der Waals surface area contributed by atoms with Crippen LogP contribution in [0.5, 0.6) is 0 Å². The average Bonchev–Trinajstić information content (AvgIpc) is 2.49. The zero-order valence-electron chi connectivity index (χ0n) is 12.3. The van der Waals surface area contributed by atoms with Crippen molar-refractivity contribution in [3.05, 3.63) is 41.5 Å². The van der Waals surface area contributed by atoms with E-state index in [-0.39, 0.29) is 6.54 Å². The summed E-state index contributed by atoms with van der Waals surface area (Å²) in [4.78, 5) is 40.6. The average molecular weight is 290 g/mol. The quantitative estimate of drug-likeness (QED) is 0.483. The highest BCUT2D eigenvalue weighted by molar-refractivity contribution is 5.98. The minimum atomic E-state index is -0.633. The molecule has 0 aliphatic carbocycles. The smallest absolute Gasteiger partial charge is 0.318 e. The molecule has 0 aliphatic rings. The van der Waals surface area contributed by atoms with Gasteiger partial charge < -0.3 is 9.74 Å². The van der Waals surface area contributed by atoms with Crippen molar-refractivity contribution in [2.24, 2.45) is 0 Å². The number of hydroxylamine groups is 2. The molecule has 0 bridgehead atoms. The predicted octanol–water partition coefficient (Wildman–Crippen LogP) is 1.97. The van der Waals surface area contributed by atoms with E-state index in [4.69, 9.17) is 4.84 Å². The molecular weight excluding hydrogens is 272 g/mol. The highest BCUT2D eigenvalue weighted by Crippen LogP contribution is 2.14. The van der Waals surface area contributed by atoms with Gasteiger partial charge in [0.05, 0.1) is 6.54 Å². The fourth-order valence-electron chi connectivity index (χ4n) is 1.54. The Morgan fingerprint density at radius 3 is 2.48 bits per heavy atom. The van der Waals surface area contributed by atoms with Crippen molar-refractivity contribution in [2.75, 3.05) is 20.6 Å². The molecule has 6 nitrogen and oxygen atoms in total. The second kappa shape index (κ2) is 7.84. The molecule has 0 saturated carbocycles. The summed E-state index contributed by atoms with van der Waals surface area (Å²) >= 11 is 0. The molecule has 0 aromatic heterocycles. The second-order valence-corrected chi connectivity index (χ2v) is 4.33. The van der Waals surface area contributed by atoms with Crippen molar-refractivity contribution in [3.8, 4) is 0 Å². The van der Waals surface area contributed by atoms with Gasteiger partial charge in [-0.3, -0.25) is 9.59 Å². The summed E-state index contributed by atoms with van der Waals surface area (Å²) in [6.45, 7) is 1.91. The maximum Gasteiger partial charge on any atom is 0.433 e. The van der Waals surface area contributed by atoms with E-state index in [1.54, 1.807) is 31.2 Å². The first-order valence-corrected chi connectivity index (χ1v) is 6.43. The number of rotatable bonds is 4. The minimum Gasteiger partial charge on any atom is -0.318 e. The number of benzene rings is 1. The molecule has 0 saturated heterocycles. The molecule has 0 N–H and O–H groups in total. The van der Waals surface area contributed by atoms with E-state index in [2.05, 4.69) is 0 Å². The van der Waals surface area contributed by atoms with Crippen molar-refractivity contribution in [1.82, 2.24) is 9.96 Å². The summed E-state index contributed by atoms with van der Waals surface area (Å²) in [6, 6.07) is 6.77. The predicted molar refractivity (Wildman–Crippen MR) is 78.4 cm³/mol. The van der Waals surface area contributed by atoms with Gasteiger partial charge in [0.1, 0.15) is 6.29 Å². The fraction of sp³-hybridized carbons (Fsp3) is 0.267. The first kappa shape index (κ1) is 16.4. The molecule has 2 amide bonds. The summed E-state index contributed by atoms with van der Waals surface area (Å²) in [6.07, 6.45) is 2.83. The Kier molecular flexibility index (Phi) is 6.13. The van der Waals surface area contributed by atoms with Gasteiger partial charge in [0.25, 0.3) is 5.91 Å². The van der Waals surface area contributed by atoms with Crippen LogP contribution in [-0.4, -0.2) is 48.9 Å². The Morgan fingerprint density at radius 2 is 1.90 bits per heavy atom. The molecule has 0 unspecified atom stereocenters. The van der Waals surface area contributed by atoms with Crippen LogP contribution >= 0.6 is 0 Å². The standard InChI is InChI=1S/C15H18N2O4/c1-4-17(21-15(20)16(2)3)14(19)13-10-6-5-8-12(13)9-7-11-18/h5-11H,4H2,1-3H3/b9-7+.